The molecule has 0 bridgehead atoms. The van der Waals surface area contributed by atoms with Gasteiger partial charge in [0.25, 0.3) is 11.8 Å². The minimum Gasteiger partial charge on any atom is -0.449 e. The SMILES string of the molecule is CCN(CC)CCN(C(=O)OCCCCCCNC(=O)OC(C)(C)C)C(=O)c1c(C)[nH]c(C=C2C(=O)Nc3ccc(F)cc32)c1C. The normalized spacial score (nSPS) is 13.5. The van der Waals surface area contributed by atoms with E-state index >= 15 is 0 Å². The van der Waals surface area contributed by atoms with Crippen LogP contribution in [0, 0.1) is 19.7 Å². The van der Waals surface area contributed by atoms with E-state index < -0.39 is 29.5 Å². The zero-order valence-electron chi connectivity index (χ0n) is 28.1. The standard InChI is InChI=1S/C34H48FN5O6/c1-8-39(9-2)17-18-40(33(44)45-19-13-11-10-12-16-36-32(43)46-34(5,6)7)31(42)29-22(3)28(37-23(29)4)21-26-25-20-24(35)14-15-27(25)38-30(26)41/h14-15,20-21,37H,8-13,16-19H2,1-7H3,(H,36,43)(H,38,41). The van der Waals surface area contributed by atoms with Crippen LogP contribution in [0.2, 0.25) is 0 Å². The molecule has 0 unspecified atom stereocenters. The Kier molecular flexibility index (Phi) is 12.9. The first-order valence-electron chi connectivity index (χ1n) is 16.0. The Labute approximate surface area is 270 Å². The van der Waals surface area contributed by atoms with Crippen molar-refractivity contribution in [3.8, 4) is 0 Å². The number of H-pyrrole nitrogens is 1. The van der Waals surface area contributed by atoms with E-state index in [0.29, 0.717) is 53.3 Å². The number of aryl methyl sites for hydroxylation is 1. The van der Waals surface area contributed by atoms with Crippen LogP contribution in [-0.4, -0.2) is 83.7 Å². The number of nitrogens with one attached hydrogen (secondary N) is 3. The van der Waals surface area contributed by atoms with Gasteiger partial charge in [-0.25, -0.2) is 18.9 Å². The Morgan fingerprint density at radius 1 is 1.02 bits per heavy atom. The summed E-state index contributed by atoms with van der Waals surface area (Å²) in [6.07, 6.45) is 3.41. The number of anilines is 1. The van der Waals surface area contributed by atoms with Gasteiger partial charge in [-0.2, -0.15) is 0 Å². The second-order valence-electron chi connectivity index (χ2n) is 12.3. The van der Waals surface area contributed by atoms with E-state index in [4.69, 9.17) is 9.47 Å². The van der Waals surface area contributed by atoms with E-state index in [9.17, 15) is 23.6 Å². The van der Waals surface area contributed by atoms with E-state index in [-0.39, 0.29) is 24.6 Å². The van der Waals surface area contributed by atoms with Crippen molar-refractivity contribution in [1.82, 2.24) is 20.1 Å². The number of amides is 4. The van der Waals surface area contributed by atoms with E-state index in [0.717, 1.165) is 37.3 Å². The predicted molar refractivity (Wildman–Crippen MR) is 176 cm³/mol. The maximum atomic E-state index is 14.0. The van der Waals surface area contributed by atoms with Gasteiger partial charge in [-0.15, -0.1) is 0 Å². The molecule has 1 aromatic carbocycles. The first-order valence-corrected chi connectivity index (χ1v) is 16.0. The number of fused-ring (bicyclic) bond motifs is 1. The lowest BCUT2D eigenvalue weighted by Gasteiger charge is -2.25. The molecule has 0 radical (unpaired) electrons. The van der Waals surface area contributed by atoms with Crippen LogP contribution in [0.25, 0.3) is 11.6 Å². The van der Waals surface area contributed by atoms with Crippen molar-refractivity contribution in [1.29, 1.82) is 0 Å². The Morgan fingerprint density at radius 3 is 2.39 bits per heavy atom. The predicted octanol–water partition coefficient (Wildman–Crippen LogP) is 6.27. The van der Waals surface area contributed by atoms with Gasteiger partial charge in [0.05, 0.1) is 17.7 Å². The van der Waals surface area contributed by atoms with Crippen LogP contribution in [-0.2, 0) is 14.3 Å². The second kappa shape index (κ2) is 16.4. The summed E-state index contributed by atoms with van der Waals surface area (Å²) in [4.78, 5) is 58.0. The molecule has 0 spiro atoms. The molecule has 1 aromatic heterocycles. The smallest absolute Gasteiger partial charge is 0.416 e. The van der Waals surface area contributed by atoms with Gasteiger partial charge >= 0.3 is 12.2 Å². The summed E-state index contributed by atoms with van der Waals surface area (Å²) >= 11 is 0. The summed E-state index contributed by atoms with van der Waals surface area (Å²) < 4.78 is 24.7. The molecule has 0 fully saturated rings. The van der Waals surface area contributed by atoms with Gasteiger partial charge < -0.3 is 30.0 Å². The van der Waals surface area contributed by atoms with Gasteiger partial charge in [-0.3, -0.25) is 9.59 Å². The molecule has 2 aromatic rings. The molecule has 1 aliphatic rings. The molecule has 3 N–H and O–H groups in total. The van der Waals surface area contributed by atoms with Crippen molar-refractivity contribution >= 4 is 41.3 Å². The molecule has 252 valence electrons. The highest BCUT2D eigenvalue weighted by Gasteiger charge is 2.30. The highest BCUT2D eigenvalue weighted by atomic mass is 19.1. The molecular formula is C34H48FN5O6. The molecule has 46 heavy (non-hydrogen) atoms. The fourth-order valence-corrected chi connectivity index (χ4v) is 5.20. The van der Waals surface area contributed by atoms with Crippen molar-refractivity contribution in [3.05, 3.63) is 52.1 Å². The lowest BCUT2D eigenvalue weighted by molar-refractivity contribution is -0.110. The van der Waals surface area contributed by atoms with Crippen LogP contribution in [0.3, 0.4) is 0 Å². The zero-order valence-corrected chi connectivity index (χ0v) is 28.1. The van der Waals surface area contributed by atoms with E-state index in [1.807, 2.05) is 34.6 Å². The monoisotopic (exact) mass is 641 g/mol. The summed E-state index contributed by atoms with van der Waals surface area (Å²) in [5.74, 6) is -1.33. The summed E-state index contributed by atoms with van der Waals surface area (Å²) in [6, 6.07) is 4.08. The molecule has 1 aliphatic heterocycles. The average Bonchev–Trinajstić information content (AvgIpc) is 3.44. The van der Waals surface area contributed by atoms with Crippen molar-refractivity contribution in [2.45, 2.75) is 79.8 Å². The number of carbonyl (C=O) groups is 4. The van der Waals surface area contributed by atoms with Gasteiger partial charge in [-0.05, 0) is 96.8 Å². The van der Waals surface area contributed by atoms with Crippen LogP contribution in [0.4, 0.5) is 19.7 Å². The van der Waals surface area contributed by atoms with Crippen molar-refractivity contribution < 1.29 is 33.0 Å². The Hall–Kier alpha value is -4.19. The number of imide groups is 1. The molecular weight excluding hydrogens is 593 g/mol. The third-order valence-corrected chi connectivity index (χ3v) is 7.71. The summed E-state index contributed by atoms with van der Waals surface area (Å²) in [7, 11) is 0. The largest absolute Gasteiger partial charge is 0.449 e. The summed E-state index contributed by atoms with van der Waals surface area (Å²) in [5.41, 5.74) is 2.61. The second-order valence-corrected chi connectivity index (χ2v) is 12.3. The molecule has 4 amide bonds. The molecule has 0 saturated carbocycles. The van der Waals surface area contributed by atoms with Crippen LogP contribution in [0.5, 0.6) is 0 Å². The van der Waals surface area contributed by atoms with Crippen LogP contribution < -0.4 is 10.6 Å². The summed E-state index contributed by atoms with van der Waals surface area (Å²) in [6.45, 7) is 15.7. The van der Waals surface area contributed by atoms with Gasteiger partial charge in [0.1, 0.15) is 11.4 Å². The third kappa shape index (κ3) is 9.90. The van der Waals surface area contributed by atoms with Crippen molar-refractivity contribution in [3.63, 3.8) is 0 Å². The first-order chi connectivity index (χ1) is 21.7. The number of aromatic nitrogens is 1. The number of likely N-dealkylation sites (N-methyl/N-ethyl adjacent to an activating group) is 1. The topological polar surface area (TPSA) is 133 Å². The molecule has 3 rings (SSSR count). The van der Waals surface area contributed by atoms with Crippen molar-refractivity contribution in [2.24, 2.45) is 0 Å². The van der Waals surface area contributed by atoms with Gasteiger partial charge in [0.15, 0.2) is 0 Å². The fraction of sp³-hybridized carbons (Fsp3) is 0.529. The number of halogens is 1. The number of hydrogen-bond acceptors (Lipinski definition) is 7. The average molecular weight is 642 g/mol. The molecule has 0 aliphatic carbocycles. The number of aromatic amines is 1. The lowest BCUT2D eigenvalue weighted by Crippen LogP contribution is -2.43. The lowest BCUT2D eigenvalue weighted by atomic mass is 10.0. The number of carbonyl (C=O) groups excluding carboxylic acids is 4. The maximum absolute atomic E-state index is 14.0. The molecule has 0 saturated heterocycles. The minimum absolute atomic E-state index is 0.144. The Bertz CT molecular complexity index is 1440. The minimum atomic E-state index is -0.719. The molecule has 0 atom stereocenters. The quantitative estimate of drug-likeness (QED) is 0.164. The highest BCUT2D eigenvalue weighted by molar-refractivity contribution is 6.35. The van der Waals surface area contributed by atoms with E-state index in [2.05, 4.69) is 20.5 Å². The third-order valence-electron chi connectivity index (χ3n) is 7.71. The van der Waals surface area contributed by atoms with Crippen LogP contribution >= 0.6 is 0 Å². The van der Waals surface area contributed by atoms with E-state index in [1.54, 1.807) is 19.9 Å². The number of unbranched alkanes of at least 4 members (excludes halogenated alkanes) is 3. The van der Waals surface area contributed by atoms with Gasteiger partial charge in [0.2, 0.25) is 0 Å². The Morgan fingerprint density at radius 2 is 1.72 bits per heavy atom. The molecule has 2 heterocycles. The van der Waals surface area contributed by atoms with Crippen LogP contribution in [0.15, 0.2) is 18.2 Å². The number of benzene rings is 1. The van der Waals surface area contributed by atoms with Gasteiger partial charge in [0, 0.05) is 42.3 Å². The van der Waals surface area contributed by atoms with Crippen molar-refractivity contribution in [2.75, 3.05) is 44.6 Å². The van der Waals surface area contributed by atoms with Gasteiger partial charge in [-0.1, -0.05) is 20.3 Å². The number of nitrogens with zero attached hydrogens (tertiary/aromatic N) is 2. The molecule has 12 heteroatoms. The van der Waals surface area contributed by atoms with E-state index in [1.165, 1.54) is 18.2 Å². The molecule has 11 nitrogen and oxygen atoms in total. The number of alkyl carbamates (subject to hydrolysis) is 1. The fourth-order valence-electron chi connectivity index (χ4n) is 5.20. The zero-order chi connectivity index (χ0) is 34.0. The summed E-state index contributed by atoms with van der Waals surface area (Å²) in [5, 5.41) is 5.46. The maximum Gasteiger partial charge on any atom is 0.416 e. The number of rotatable bonds is 14. The van der Waals surface area contributed by atoms with Crippen LogP contribution in [0.1, 0.15) is 93.2 Å². The Balaban J connectivity index is 1.66. The first kappa shape index (κ1) is 36.3. The number of ether oxygens (including phenoxy) is 2. The number of hydrogen-bond donors (Lipinski definition) is 3. The highest BCUT2D eigenvalue weighted by Crippen LogP contribution is 2.34.